The lowest BCUT2D eigenvalue weighted by molar-refractivity contribution is -0.137. The van der Waals surface area contributed by atoms with E-state index in [2.05, 4.69) is 12.1 Å². The molecule has 0 saturated carbocycles. The van der Waals surface area contributed by atoms with Crippen molar-refractivity contribution < 1.29 is 14.3 Å². The lowest BCUT2D eigenvalue weighted by Gasteiger charge is -2.22. The third kappa shape index (κ3) is 4.14. The number of hydrogen-bond donors (Lipinski definition) is 0. The van der Waals surface area contributed by atoms with Crippen molar-refractivity contribution in [1.29, 1.82) is 0 Å². The maximum Gasteiger partial charge on any atom is 0.263 e. The van der Waals surface area contributed by atoms with E-state index in [-0.39, 0.29) is 5.91 Å². The van der Waals surface area contributed by atoms with E-state index in [1.165, 1.54) is 0 Å². The molecule has 0 aliphatic heterocycles. The van der Waals surface area contributed by atoms with Crippen molar-refractivity contribution in [2.75, 3.05) is 14.2 Å². The summed E-state index contributed by atoms with van der Waals surface area (Å²) in [5.41, 5.74) is 1.07. The Kier molecular flexibility index (Phi) is 5.42. The normalized spacial score (nSPS) is 11.8. The summed E-state index contributed by atoms with van der Waals surface area (Å²) in [6.07, 6.45) is -0.535. The molecule has 0 radical (unpaired) electrons. The first-order chi connectivity index (χ1) is 12.6. The van der Waals surface area contributed by atoms with Gasteiger partial charge in [-0.2, -0.15) is 0 Å². The number of likely N-dealkylation sites (N-methyl/N-ethyl adjacent to an activating group) is 1. The summed E-state index contributed by atoms with van der Waals surface area (Å²) in [6, 6.07) is 21.6. The molecule has 4 heteroatoms. The maximum absolute atomic E-state index is 12.6. The number of ether oxygens (including phenoxy) is 2. The molecular formula is C22H23NO3. The Balaban J connectivity index is 1.67. The fourth-order valence-electron chi connectivity index (χ4n) is 2.91. The van der Waals surface area contributed by atoms with Gasteiger partial charge in [-0.05, 0) is 53.6 Å². The average molecular weight is 349 g/mol. The molecule has 0 bridgehead atoms. The number of hydrogen-bond acceptors (Lipinski definition) is 3. The Morgan fingerprint density at radius 2 is 1.65 bits per heavy atom. The SMILES string of the molecule is COc1ccc2cc(CN(C)C(=O)C(C)Oc3ccccc3)ccc2c1. The highest BCUT2D eigenvalue weighted by Gasteiger charge is 2.19. The predicted molar refractivity (Wildman–Crippen MR) is 104 cm³/mol. The molecule has 3 aromatic carbocycles. The number of para-hydroxylation sites is 1. The number of rotatable bonds is 6. The van der Waals surface area contributed by atoms with Gasteiger partial charge >= 0.3 is 0 Å². The first-order valence-electron chi connectivity index (χ1n) is 8.60. The van der Waals surface area contributed by atoms with E-state index in [9.17, 15) is 4.79 Å². The number of amides is 1. The van der Waals surface area contributed by atoms with Crippen molar-refractivity contribution in [2.45, 2.75) is 19.6 Å². The second-order valence-corrected chi connectivity index (χ2v) is 6.31. The van der Waals surface area contributed by atoms with E-state index in [4.69, 9.17) is 9.47 Å². The number of fused-ring (bicyclic) bond motifs is 1. The predicted octanol–water partition coefficient (Wildman–Crippen LogP) is 4.27. The maximum atomic E-state index is 12.6. The molecule has 1 unspecified atom stereocenters. The van der Waals surface area contributed by atoms with Crippen molar-refractivity contribution in [1.82, 2.24) is 4.90 Å². The zero-order valence-corrected chi connectivity index (χ0v) is 15.3. The minimum atomic E-state index is -0.535. The lowest BCUT2D eigenvalue weighted by atomic mass is 10.1. The van der Waals surface area contributed by atoms with Crippen LogP contribution in [0, 0.1) is 0 Å². The van der Waals surface area contributed by atoms with Gasteiger partial charge in [0.2, 0.25) is 0 Å². The zero-order valence-electron chi connectivity index (χ0n) is 15.3. The van der Waals surface area contributed by atoms with Gasteiger partial charge in [-0.15, -0.1) is 0 Å². The average Bonchev–Trinajstić information content (AvgIpc) is 2.67. The van der Waals surface area contributed by atoms with E-state index in [0.29, 0.717) is 12.3 Å². The lowest BCUT2D eigenvalue weighted by Crippen LogP contribution is -2.37. The molecule has 0 aliphatic rings. The second-order valence-electron chi connectivity index (χ2n) is 6.31. The van der Waals surface area contributed by atoms with Crippen LogP contribution in [0.3, 0.4) is 0 Å². The smallest absolute Gasteiger partial charge is 0.263 e. The van der Waals surface area contributed by atoms with E-state index < -0.39 is 6.10 Å². The summed E-state index contributed by atoms with van der Waals surface area (Å²) in [6.45, 7) is 2.31. The topological polar surface area (TPSA) is 38.8 Å². The van der Waals surface area contributed by atoms with Gasteiger partial charge < -0.3 is 14.4 Å². The van der Waals surface area contributed by atoms with Crippen LogP contribution >= 0.6 is 0 Å². The van der Waals surface area contributed by atoms with Crippen LogP contribution < -0.4 is 9.47 Å². The monoisotopic (exact) mass is 349 g/mol. The van der Waals surface area contributed by atoms with Gasteiger partial charge in [-0.25, -0.2) is 0 Å². The van der Waals surface area contributed by atoms with Crippen LogP contribution in [0.4, 0.5) is 0 Å². The minimum absolute atomic E-state index is 0.0521. The number of methoxy groups -OCH3 is 1. The first kappa shape index (κ1) is 17.8. The van der Waals surface area contributed by atoms with Crippen LogP contribution in [0.2, 0.25) is 0 Å². The second kappa shape index (κ2) is 7.91. The van der Waals surface area contributed by atoms with Crippen LogP contribution in [-0.4, -0.2) is 31.1 Å². The van der Waals surface area contributed by atoms with Crippen molar-refractivity contribution >= 4 is 16.7 Å². The standard InChI is InChI=1S/C22H23NO3/c1-16(26-20-7-5-4-6-8-20)22(24)23(2)15-17-9-10-19-14-21(25-3)12-11-18(19)13-17/h4-14,16H,15H2,1-3H3. The Morgan fingerprint density at radius 3 is 2.38 bits per heavy atom. The molecule has 0 fully saturated rings. The number of nitrogens with zero attached hydrogens (tertiary/aromatic N) is 1. The summed E-state index contributed by atoms with van der Waals surface area (Å²) >= 11 is 0. The number of carbonyl (C=O) groups is 1. The largest absolute Gasteiger partial charge is 0.497 e. The van der Waals surface area contributed by atoms with E-state index in [1.54, 1.807) is 26.0 Å². The highest BCUT2D eigenvalue weighted by Crippen LogP contribution is 2.22. The van der Waals surface area contributed by atoms with Crippen LogP contribution in [0.25, 0.3) is 10.8 Å². The molecule has 0 N–H and O–H groups in total. The summed E-state index contributed by atoms with van der Waals surface area (Å²) in [5, 5.41) is 2.24. The Hall–Kier alpha value is -3.01. The van der Waals surface area contributed by atoms with Crippen LogP contribution in [-0.2, 0) is 11.3 Å². The van der Waals surface area contributed by atoms with Gasteiger partial charge in [0.15, 0.2) is 6.10 Å². The molecule has 1 atom stereocenters. The number of carbonyl (C=O) groups excluding carboxylic acids is 1. The van der Waals surface area contributed by atoms with E-state index in [1.807, 2.05) is 54.6 Å². The molecular weight excluding hydrogens is 326 g/mol. The Morgan fingerprint density at radius 1 is 0.962 bits per heavy atom. The quantitative estimate of drug-likeness (QED) is 0.667. The highest BCUT2D eigenvalue weighted by atomic mass is 16.5. The molecule has 3 aromatic rings. The molecule has 0 spiro atoms. The van der Waals surface area contributed by atoms with Gasteiger partial charge in [0.05, 0.1) is 7.11 Å². The van der Waals surface area contributed by atoms with Gasteiger partial charge in [0.1, 0.15) is 11.5 Å². The van der Waals surface area contributed by atoms with Gasteiger partial charge in [-0.3, -0.25) is 4.79 Å². The molecule has 0 aromatic heterocycles. The first-order valence-corrected chi connectivity index (χ1v) is 8.60. The molecule has 0 heterocycles. The van der Waals surface area contributed by atoms with Crippen molar-refractivity contribution in [3.05, 3.63) is 72.3 Å². The summed E-state index contributed by atoms with van der Waals surface area (Å²) < 4.78 is 11.0. The highest BCUT2D eigenvalue weighted by molar-refractivity contribution is 5.85. The van der Waals surface area contributed by atoms with Crippen molar-refractivity contribution in [2.24, 2.45) is 0 Å². The molecule has 4 nitrogen and oxygen atoms in total. The minimum Gasteiger partial charge on any atom is -0.497 e. The van der Waals surface area contributed by atoms with Crippen molar-refractivity contribution in [3.63, 3.8) is 0 Å². The summed E-state index contributed by atoms with van der Waals surface area (Å²) in [5.74, 6) is 1.48. The fourth-order valence-corrected chi connectivity index (χ4v) is 2.91. The van der Waals surface area contributed by atoms with Crippen molar-refractivity contribution in [3.8, 4) is 11.5 Å². The Bertz CT molecular complexity index is 892. The van der Waals surface area contributed by atoms with Gasteiger partial charge in [0.25, 0.3) is 5.91 Å². The van der Waals surface area contributed by atoms with Crippen LogP contribution in [0.5, 0.6) is 11.5 Å². The molecule has 1 amide bonds. The molecule has 0 saturated heterocycles. The number of benzene rings is 3. The zero-order chi connectivity index (χ0) is 18.5. The van der Waals surface area contributed by atoms with Gasteiger partial charge in [-0.1, -0.05) is 36.4 Å². The fraction of sp³-hybridized carbons (Fsp3) is 0.227. The third-order valence-electron chi connectivity index (χ3n) is 4.31. The molecule has 26 heavy (non-hydrogen) atoms. The van der Waals surface area contributed by atoms with E-state index >= 15 is 0 Å². The Labute approximate surface area is 154 Å². The van der Waals surface area contributed by atoms with Crippen LogP contribution in [0.15, 0.2) is 66.7 Å². The van der Waals surface area contributed by atoms with Crippen LogP contribution in [0.1, 0.15) is 12.5 Å². The molecule has 3 rings (SSSR count). The van der Waals surface area contributed by atoms with E-state index in [0.717, 1.165) is 22.1 Å². The molecule has 0 aliphatic carbocycles. The summed E-state index contributed by atoms with van der Waals surface area (Å²) in [7, 11) is 3.46. The third-order valence-corrected chi connectivity index (χ3v) is 4.31. The summed E-state index contributed by atoms with van der Waals surface area (Å²) in [4.78, 5) is 14.3. The van der Waals surface area contributed by atoms with Gasteiger partial charge in [0, 0.05) is 13.6 Å². The molecule has 134 valence electrons.